The summed E-state index contributed by atoms with van der Waals surface area (Å²) in [6.07, 6.45) is 6.55. The van der Waals surface area contributed by atoms with Gasteiger partial charge in [-0.3, -0.25) is 0 Å². The number of aromatic nitrogens is 2. The molecule has 2 atom stereocenters. The van der Waals surface area contributed by atoms with E-state index in [-0.39, 0.29) is 36.0 Å². The van der Waals surface area contributed by atoms with Crippen molar-refractivity contribution in [1.82, 2.24) is 14.5 Å². The molecular formula is C26H25F2N3O5S. The number of rotatable bonds is 6. The van der Waals surface area contributed by atoms with Gasteiger partial charge in [-0.05, 0) is 43.4 Å². The number of sulfonamides is 1. The Hall–Kier alpha value is -3.33. The number of nitrogens with zero attached hydrogens (tertiary/aromatic N) is 2. The number of hydrogen-bond acceptors (Lipinski definition) is 6. The third-order valence-corrected chi connectivity index (χ3v) is 9.68. The number of terminal acetylenes is 1. The smallest absolute Gasteiger partial charge is 0.391 e. The van der Waals surface area contributed by atoms with E-state index in [9.17, 15) is 13.2 Å². The van der Waals surface area contributed by atoms with E-state index in [2.05, 4.69) is 16.1 Å². The Morgan fingerprint density at radius 1 is 1.22 bits per heavy atom. The molecule has 0 unspecified atom stereocenters. The Bertz CT molecular complexity index is 1510. The molecule has 3 aromatic rings. The molecule has 2 aliphatic rings. The summed E-state index contributed by atoms with van der Waals surface area (Å²) in [5.41, 5.74) is -0.778. The van der Waals surface area contributed by atoms with Crippen molar-refractivity contribution in [2.45, 2.75) is 55.0 Å². The van der Waals surface area contributed by atoms with Crippen LogP contribution in [-0.2, 0) is 26.7 Å². The zero-order chi connectivity index (χ0) is 26.4. The average molecular weight is 530 g/mol. The Morgan fingerprint density at radius 2 is 1.95 bits per heavy atom. The van der Waals surface area contributed by atoms with Gasteiger partial charge in [-0.2, -0.15) is 4.31 Å². The van der Waals surface area contributed by atoms with Crippen LogP contribution in [0.5, 0.6) is 0 Å². The van der Waals surface area contributed by atoms with Crippen LogP contribution in [0.4, 0.5) is 8.78 Å². The van der Waals surface area contributed by atoms with Crippen molar-refractivity contribution in [2.75, 3.05) is 7.11 Å². The molecule has 0 bridgehead atoms. The topological polar surface area (TPSA) is 106 Å². The summed E-state index contributed by atoms with van der Waals surface area (Å²) in [5.74, 6) is 0.0389. The van der Waals surface area contributed by atoms with Crippen molar-refractivity contribution in [2.24, 2.45) is 0 Å². The second-order valence-electron chi connectivity index (χ2n) is 9.44. The zero-order valence-corrected chi connectivity index (χ0v) is 20.8. The zero-order valence-electron chi connectivity index (χ0n) is 20.0. The first-order valence-electron chi connectivity index (χ1n) is 11.8. The van der Waals surface area contributed by atoms with Crippen molar-refractivity contribution in [1.29, 1.82) is 0 Å². The fourth-order valence-electron chi connectivity index (χ4n) is 5.39. The highest BCUT2D eigenvalue weighted by molar-refractivity contribution is 7.89. The van der Waals surface area contributed by atoms with Gasteiger partial charge in [0.15, 0.2) is 0 Å². The highest BCUT2D eigenvalue weighted by atomic mass is 32.2. The van der Waals surface area contributed by atoms with E-state index in [1.54, 1.807) is 30.3 Å². The van der Waals surface area contributed by atoms with Crippen LogP contribution in [0.15, 0.2) is 51.7 Å². The maximum absolute atomic E-state index is 15.6. The fourth-order valence-corrected chi connectivity index (χ4v) is 7.49. The van der Waals surface area contributed by atoms with E-state index in [1.807, 2.05) is 0 Å². The van der Waals surface area contributed by atoms with Gasteiger partial charge in [-0.15, -0.1) is 11.5 Å². The predicted octanol–water partition coefficient (Wildman–Crippen LogP) is 3.40. The van der Waals surface area contributed by atoms with Crippen LogP contribution in [-0.4, -0.2) is 42.2 Å². The average Bonchev–Trinajstić information content (AvgIpc) is 3.29. The highest BCUT2D eigenvalue weighted by Gasteiger charge is 2.53. The summed E-state index contributed by atoms with van der Waals surface area (Å²) in [6, 6.07) is 9.96. The molecule has 37 heavy (non-hydrogen) atoms. The minimum atomic E-state index is -3.97. The Balaban J connectivity index is 1.50. The summed E-state index contributed by atoms with van der Waals surface area (Å²) in [7, 11) is -2.47. The van der Waals surface area contributed by atoms with Crippen LogP contribution in [0, 0.1) is 24.0 Å². The minimum Gasteiger partial charge on any atom is -0.391 e. The lowest BCUT2D eigenvalue weighted by molar-refractivity contribution is -0.0138. The third kappa shape index (κ3) is 4.29. The quantitative estimate of drug-likeness (QED) is 0.491. The van der Waals surface area contributed by atoms with E-state index in [0.717, 1.165) is 16.4 Å². The van der Waals surface area contributed by atoms with Gasteiger partial charge in [0.1, 0.15) is 16.9 Å². The largest absolute Gasteiger partial charge is 0.434 e. The number of ether oxygens (including phenoxy) is 1. The molecule has 8 nitrogen and oxygen atoms in total. The molecule has 1 aromatic heterocycles. The number of benzene rings is 2. The second-order valence-corrected chi connectivity index (χ2v) is 11.5. The van der Waals surface area contributed by atoms with Crippen molar-refractivity contribution in [3.05, 3.63) is 87.2 Å². The molecule has 0 radical (unpaired) electrons. The maximum Gasteiger partial charge on any atom is 0.434 e. The van der Waals surface area contributed by atoms with Crippen molar-refractivity contribution < 1.29 is 26.4 Å². The van der Waals surface area contributed by atoms with Crippen molar-refractivity contribution in [3.63, 3.8) is 0 Å². The summed E-state index contributed by atoms with van der Waals surface area (Å²) >= 11 is 0. The fraction of sp³-hybridized carbons (Fsp3) is 0.385. The number of hydrogen-bond donors (Lipinski definition) is 1. The van der Waals surface area contributed by atoms with E-state index in [4.69, 9.17) is 15.6 Å². The molecule has 1 aliphatic carbocycles. The van der Waals surface area contributed by atoms with Crippen LogP contribution >= 0.6 is 0 Å². The minimum absolute atomic E-state index is 0.0468. The Labute approximate surface area is 212 Å². The first kappa shape index (κ1) is 25.3. The molecule has 2 heterocycles. The van der Waals surface area contributed by atoms with Gasteiger partial charge < -0.3 is 9.15 Å². The SMILES string of the molecule is C#C[C@H]1CC[C@H](c2ccccc2)S(=O)(=O)N1Cc1cc(F)c(C2(c3n[nH]c(=O)o3)CC(OC)C2)cc1F. The van der Waals surface area contributed by atoms with Crippen LogP contribution in [0.2, 0.25) is 0 Å². The molecule has 0 amide bonds. The van der Waals surface area contributed by atoms with Gasteiger partial charge in [-0.1, -0.05) is 36.3 Å². The molecule has 1 N–H and O–H groups in total. The first-order valence-corrected chi connectivity index (χ1v) is 13.3. The second kappa shape index (κ2) is 9.52. The van der Waals surface area contributed by atoms with E-state index < -0.39 is 50.7 Å². The predicted molar refractivity (Wildman–Crippen MR) is 130 cm³/mol. The van der Waals surface area contributed by atoms with Gasteiger partial charge in [-0.25, -0.2) is 27.1 Å². The Morgan fingerprint density at radius 3 is 2.57 bits per heavy atom. The summed E-state index contributed by atoms with van der Waals surface area (Å²) < 4.78 is 69.7. The van der Waals surface area contributed by atoms with Crippen LogP contribution in [0.1, 0.15) is 53.5 Å². The van der Waals surface area contributed by atoms with E-state index in [0.29, 0.717) is 18.4 Å². The lowest BCUT2D eigenvalue weighted by Crippen LogP contribution is -2.47. The molecule has 1 saturated heterocycles. The van der Waals surface area contributed by atoms with Gasteiger partial charge in [0.25, 0.3) is 0 Å². The van der Waals surface area contributed by atoms with Gasteiger partial charge in [0.05, 0.1) is 17.6 Å². The number of aromatic amines is 1. The molecule has 194 valence electrons. The summed E-state index contributed by atoms with van der Waals surface area (Å²) in [6.45, 7) is -0.422. The lowest BCUT2D eigenvalue weighted by atomic mass is 9.62. The molecule has 5 rings (SSSR count). The van der Waals surface area contributed by atoms with E-state index in [1.165, 1.54) is 7.11 Å². The number of halogens is 2. The number of methoxy groups -OCH3 is 1. The normalized spacial score (nSPS) is 27.4. The molecule has 1 saturated carbocycles. The van der Waals surface area contributed by atoms with Crippen molar-refractivity contribution >= 4 is 10.0 Å². The highest BCUT2D eigenvalue weighted by Crippen LogP contribution is 2.50. The summed E-state index contributed by atoms with van der Waals surface area (Å²) in [5, 5.41) is 5.19. The molecule has 11 heteroatoms. The molecule has 2 fully saturated rings. The van der Waals surface area contributed by atoms with Crippen LogP contribution in [0.25, 0.3) is 0 Å². The van der Waals surface area contributed by atoms with Crippen LogP contribution in [0.3, 0.4) is 0 Å². The number of nitrogens with one attached hydrogen (secondary N) is 1. The van der Waals surface area contributed by atoms with Crippen molar-refractivity contribution in [3.8, 4) is 12.3 Å². The molecule has 0 spiro atoms. The monoisotopic (exact) mass is 529 g/mol. The third-order valence-electron chi connectivity index (χ3n) is 7.41. The standard InChI is InChI=1S/C26H25F2N3O5S/c1-3-18-9-10-23(16-7-5-4-6-8-16)37(33,34)31(18)15-17-11-22(28)20(12-21(17)27)26(13-19(14-26)35-2)24-29-30-25(32)36-24/h1,4-8,11-12,18-19,23H,9-10,13-15H2,2H3,(H,30,32)/t18-,19?,23+,26?/m0/s1. The Kier molecular flexibility index (Phi) is 6.52. The number of H-pyrrole nitrogens is 1. The lowest BCUT2D eigenvalue weighted by Gasteiger charge is -2.44. The van der Waals surface area contributed by atoms with Gasteiger partial charge in [0.2, 0.25) is 15.9 Å². The van der Waals surface area contributed by atoms with Gasteiger partial charge in [0, 0.05) is 24.8 Å². The van der Waals surface area contributed by atoms with Crippen LogP contribution < -0.4 is 5.76 Å². The molecule has 2 aromatic carbocycles. The maximum atomic E-state index is 15.6. The summed E-state index contributed by atoms with van der Waals surface area (Å²) in [4.78, 5) is 11.6. The molecular weight excluding hydrogens is 504 g/mol. The van der Waals surface area contributed by atoms with E-state index >= 15 is 8.78 Å². The molecule has 1 aliphatic heterocycles. The first-order chi connectivity index (χ1) is 17.7. The van der Waals surface area contributed by atoms with Gasteiger partial charge >= 0.3 is 5.76 Å².